The van der Waals surface area contributed by atoms with Crippen LogP contribution in [-0.4, -0.2) is 50.9 Å². The summed E-state index contributed by atoms with van der Waals surface area (Å²) in [6, 6.07) is 18.1. The molecule has 0 spiro atoms. The second-order valence-electron chi connectivity index (χ2n) is 9.13. The van der Waals surface area contributed by atoms with Crippen LogP contribution in [0.25, 0.3) is 0 Å². The number of sulfonamides is 1. The van der Waals surface area contributed by atoms with Crippen molar-refractivity contribution in [3.63, 3.8) is 0 Å². The van der Waals surface area contributed by atoms with Gasteiger partial charge >= 0.3 is 0 Å². The van der Waals surface area contributed by atoms with Crippen molar-refractivity contribution in [1.82, 2.24) is 10.2 Å². The van der Waals surface area contributed by atoms with Gasteiger partial charge in [0, 0.05) is 17.6 Å². The van der Waals surface area contributed by atoms with Crippen molar-refractivity contribution in [2.75, 3.05) is 18.0 Å². The van der Waals surface area contributed by atoms with Crippen molar-refractivity contribution in [2.24, 2.45) is 0 Å². The number of methoxy groups -OCH3 is 1. The number of amides is 2. The van der Waals surface area contributed by atoms with E-state index in [0.29, 0.717) is 16.3 Å². The van der Waals surface area contributed by atoms with Crippen molar-refractivity contribution in [3.05, 3.63) is 88.4 Å². The summed E-state index contributed by atoms with van der Waals surface area (Å²) in [5, 5.41) is 3.46. The third kappa shape index (κ3) is 7.65. The molecule has 0 radical (unpaired) electrons. The van der Waals surface area contributed by atoms with Gasteiger partial charge in [0.1, 0.15) is 18.3 Å². The van der Waals surface area contributed by atoms with Crippen LogP contribution in [0.3, 0.4) is 0 Å². The second kappa shape index (κ2) is 13.2. The molecule has 11 heteroatoms. The highest BCUT2D eigenvalue weighted by molar-refractivity contribution is 7.92. The minimum Gasteiger partial charge on any atom is -0.495 e. The van der Waals surface area contributed by atoms with Gasteiger partial charge in [0.15, 0.2) is 0 Å². The van der Waals surface area contributed by atoms with Crippen molar-refractivity contribution in [3.8, 4) is 5.75 Å². The summed E-state index contributed by atoms with van der Waals surface area (Å²) in [5.41, 5.74) is 0.852. The molecule has 0 bridgehead atoms. The third-order valence-electron chi connectivity index (χ3n) is 5.87. The molecular weight excluding hydrogens is 561 g/mol. The van der Waals surface area contributed by atoms with Gasteiger partial charge in [0.05, 0.1) is 22.7 Å². The van der Waals surface area contributed by atoms with Gasteiger partial charge in [0.25, 0.3) is 10.0 Å². The van der Waals surface area contributed by atoms with Crippen molar-refractivity contribution < 1.29 is 22.7 Å². The molecule has 0 saturated carbocycles. The van der Waals surface area contributed by atoms with Gasteiger partial charge in [0.2, 0.25) is 11.8 Å². The van der Waals surface area contributed by atoms with Gasteiger partial charge in [-0.1, -0.05) is 53.5 Å². The van der Waals surface area contributed by atoms with Crippen molar-refractivity contribution >= 4 is 50.7 Å². The Morgan fingerprint density at radius 3 is 2.23 bits per heavy atom. The van der Waals surface area contributed by atoms with Gasteiger partial charge in [-0.3, -0.25) is 13.9 Å². The molecule has 3 rings (SSSR count). The summed E-state index contributed by atoms with van der Waals surface area (Å²) in [4.78, 5) is 28.2. The number of carbonyl (C=O) groups is 2. The number of rotatable bonds is 11. The van der Waals surface area contributed by atoms with Crippen LogP contribution in [0.4, 0.5) is 5.69 Å². The lowest BCUT2D eigenvalue weighted by atomic mass is 10.1. The SMILES string of the molecule is COc1ccc(N(CC(=O)N(Cc2cccc(Cl)c2)[C@H](C)C(=O)NC(C)C)S(=O)(=O)c2ccccc2)cc1Cl. The van der Waals surface area contributed by atoms with Crippen molar-refractivity contribution in [1.29, 1.82) is 0 Å². The maximum Gasteiger partial charge on any atom is 0.264 e. The van der Waals surface area contributed by atoms with Crippen LogP contribution in [0.15, 0.2) is 77.7 Å². The van der Waals surface area contributed by atoms with Gasteiger partial charge in [-0.25, -0.2) is 8.42 Å². The third-order valence-corrected chi connectivity index (χ3v) is 8.19. The quantitative estimate of drug-likeness (QED) is 0.333. The topological polar surface area (TPSA) is 96.0 Å². The molecule has 8 nitrogen and oxygen atoms in total. The Kier molecular flexibility index (Phi) is 10.2. The fourth-order valence-electron chi connectivity index (χ4n) is 3.88. The van der Waals surface area contributed by atoms with E-state index in [1.807, 2.05) is 13.8 Å². The van der Waals surface area contributed by atoms with Gasteiger partial charge in [-0.05, 0) is 68.8 Å². The number of benzene rings is 3. The minimum atomic E-state index is -4.20. The molecule has 208 valence electrons. The minimum absolute atomic E-state index is 0.00303. The standard InChI is InChI=1S/C28H31Cl2N3O5S/c1-19(2)31-28(35)20(3)32(17-21-9-8-10-22(29)15-21)27(34)18-33(23-13-14-26(38-4)25(30)16-23)39(36,37)24-11-6-5-7-12-24/h5-16,19-20H,17-18H2,1-4H3,(H,31,35)/t20-/m1/s1. The molecule has 1 atom stereocenters. The molecule has 1 N–H and O–H groups in total. The first-order valence-corrected chi connectivity index (χ1v) is 14.4. The summed E-state index contributed by atoms with van der Waals surface area (Å²) in [7, 11) is -2.75. The van der Waals surface area contributed by atoms with Crippen LogP contribution >= 0.6 is 23.2 Å². The van der Waals surface area contributed by atoms with Crippen LogP contribution in [0.1, 0.15) is 26.3 Å². The predicted molar refractivity (Wildman–Crippen MR) is 154 cm³/mol. The number of hydrogen-bond acceptors (Lipinski definition) is 5. The molecule has 0 aliphatic heterocycles. The molecule has 3 aromatic carbocycles. The first-order valence-electron chi connectivity index (χ1n) is 12.2. The smallest absolute Gasteiger partial charge is 0.264 e. The van der Waals surface area contributed by atoms with E-state index in [1.165, 1.54) is 42.3 Å². The number of ether oxygens (including phenoxy) is 1. The zero-order valence-corrected chi connectivity index (χ0v) is 24.4. The van der Waals surface area contributed by atoms with E-state index in [2.05, 4.69) is 5.32 Å². The molecule has 39 heavy (non-hydrogen) atoms. The lowest BCUT2D eigenvalue weighted by molar-refractivity contribution is -0.139. The summed E-state index contributed by atoms with van der Waals surface area (Å²) >= 11 is 12.5. The summed E-state index contributed by atoms with van der Waals surface area (Å²) in [6.07, 6.45) is 0. The summed E-state index contributed by atoms with van der Waals surface area (Å²) in [5.74, 6) is -0.608. The molecule has 0 aliphatic carbocycles. The normalized spacial score (nSPS) is 12.1. The molecule has 2 amide bonds. The van der Waals surface area contributed by atoms with E-state index in [4.69, 9.17) is 27.9 Å². The lowest BCUT2D eigenvalue weighted by Gasteiger charge is -2.32. The number of carbonyl (C=O) groups excluding carboxylic acids is 2. The Hall–Kier alpha value is -3.27. The van der Waals surface area contributed by atoms with Crippen LogP contribution in [0.5, 0.6) is 5.75 Å². The van der Waals surface area contributed by atoms with Crippen LogP contribution in [0, 0.1) is 0 Å². The fourth-order valence-corrected chi connectivity index (χ4v) is 5.77. The van der Waals surface area contributed by atoms with Crippen LogP contribution in [0.2, 0.25) is 10.0 Å². The number of nitrogens with zero attached hydrogens (tertiary/aromatic N) is 2. The molecule has 0 unspecified atom stereocenters. The Bertz CT molecular complexity index is 1420. The van der Waals surface area contributed by atoms with E-state index in [0.717, 1.165) is 4.31 Å². The highest BCUT2D eigenvalue weighted by Gasteiger charge is 2.33. The Balaban J connectivity index is 2.06. The monoisotopic (exact) mass is 591 g/mol. The van der Waals surface area contributed by atoms with E-state index in [9.17, 15) is 18.0 Å². The molecule has 3 aromatic rings. The Morgan fingerprint density at radius 1 is 0.949 bits per heavy atom. The van der Waals surface area contributed by atoms with E-state index in [-0.39, 0.29) is 34.1 Å². The number of nitrogens with one attached hydrogen (secondary N) is 1. The molecule has 0 heterocycles. The summed E-state index contributed by atoms with van der Waals surface area (Å²) in [6.45, 7) is 4.68. The number of halogens is 2. The Labute approximate surface area is 239 Å². The van der Waals surface area contributed by atoms with E-state index < -0.39 is 28.5 Å². The van der Waals surface area contributed by atoms with Crippen LogP contribution in [-0.2, 0) is 26.2 Å². The lowest BCUT2D eigenvalue weighted by Crippen LogP contribution is -2.52. The van der Waals surface area contributed by atoms with Gasteiger partial charge < -0.3 is 15.0 Å². The predicted octanol–water partition coefficient (Wildman–Crippen LogP) is 5.14. The molecule has 0 aromatic heterocycles. The maximum atomic E-state index is 13.9. The Morgan fingerprint density at radius 2 is 1.64 bits per heavy atom. The molecule has 0 saturated heterocycles. The highest BCUT2D eigenvalue weighted by atomic mass is 35.5. The highest BCUT2D eigenvalue weighted by Crippen LogP contribution is 2.32. The summed E-state index contributed by atoms with van der Waals surface area (Å²) < 4.78 is 33.8. The average Bonchev–Trinajstić information content (AvgIpc) is 2.90. The van der Waals surface area contributed by atoms with Crippen LogP contribution < -0.4 is 14.4 Å². The first kappa shape index (κ1) is 30.3. The van der Waals surface area contributed by atoms with Crippen molar-refractivity contribution in [2.45, 2.75) is 44.3 Å². The molecule has 0 fully saturated rings. The second-order valence-corrected chi connectivity index (χ2v) is 11.8. The zero-order valence-electron chi connectivity index (χ0n) is 22.1. The van der Waals surface area contributed by atoms with E-state index >= 15 is 0 Å². The van der Waals surface area contributed by atoms with Gasteiger partial charge in [-0.15, -0.1) is 0 Å². The number of hydrogen-bond donors (Lipinski definition) is 1. The number of anilines is 1. The zero-order chi connectivity index (χ0) is 28.7. The molecule has 0 aliphatic rings. The molecular formula is C28H31Cl2N3O5S. The first-order chi connectivity index (χ1) is 18.4. The average molecular weight is 593 g/mol. The largest absolute Gasteiger partial charge is 0.495 e. The van der Waals surface area contributed by atoms with Gasteiger partial charge in [-0.2, -0.15) is 0 Å². The van der Waals surface area contributed by atoms with E-state index in [1.54, 1.807) is 49.4 Å². The maximum absolute atomic E-state index is 13.9. The fraction of sp³-hybridized carbons (Fsp3) is 0.286.